The number of aromatic nitrogens is 2. The molecule has 0 unspecified atom stereocenters. The van der Waals surface area contributed by atoms with Crippen molar-refractivity contribution in [1.29, 1.82) is 0 Å². The number of benzene rings is 1. The van der Waals surface area contributed by atoms with Crippen LogP contribution >= 0.6 is 11.6 Å². The molecule has 0 saturated carbocycles. The quantitative estimate of drug-likeness (QED) is 0.899. The SMILES string of the molecule is CC(C)(C)NC(=O)Cn1c(-c2cccc(Cl)c2)ncc(N)c1=O. The summed E-state index contributed by atoms with van der Waals surface area (Å²) in [7, 11) is 0. The van der Waals surface area contributed by atoms with Crippen LogP contribution in [0.2, 0.25) is 5.02 Å². The molecule has 1 aromatic carbocycles. The van der Waals surface area contributed by atoms with Gasteiger partial charge in [-0.2, -0.15) is 0 Å². The second-order valence-corrected chi connectivity index (χ2v) is 6.67. The van der Waals surface area contributed by atoms with Crippen LogP contribution in [0.15, 0.2) is 35.3 Å². The number of rotatable bonds is 3. The molecule has 2 rings (SSSR count). The van der Waals surface area contributed by atoms with Crippen molar-refractivity contribution in [2.75, 3.05) is 5.73 Å². The number of amides is 1. The highest BCUT2D eigenvalue weighted by Gasteiger charge is 2.18. The van der Waals surface area contributed by atoms with Crippen LogP contribution in [0, 0.1) is 0 Å². The molecular formula is C16H19ClN4O2. The van der Waals surface area contributed by atoms with E-state index in [0.717, 1.165) is 0 Å². The van der Waals surface area contributed by atoms with Crippen molar-refractivity contribution in [2.45, 2.75) is 32.9 Å². The number of nitrogen functional groups attached to an aromatic ring is 1. The second-order valence-electron chi connectivity index (χ2n) is 6.24. The van der Waals surface area contributed by atoms with Gasteiger partial charge in [0.1, 0.15) is 18.1 Å². The molecule has 0 aliphatic carbocycles. The van der Waals surface area contributed by atoms with Crippen molar-refractivity contribution in [2.24, 2.45) is 0 Å². The Morgan fingerprint density at radius 1 is 1.39 bits per heavy atom. The third-order valence-electron chi connectivity index (χ3n) is 2.97. The number of hydrogen-bond donors (Lipinski definition) is 2. The number of halogens is 1. The molecule has 6 nitrogen and oxygen atoms in total. The molecule has 1 amide bonds. The Labute approximate surface area is 139 Å². The molecular weight excluding hydrogens is 316 g/mol. The van der Waals surface area contributed by atoms with Crippen LogP contribution in [-0.2, 0) is 11.3 Å². The van der Waals surface area contributed by atoms with Gasteiger partial charge in [0.15, 0.2) is 0 Å². The predicted octanol–water partition coefficient (Wildman–Crippen LogP) is 2.06. The largest absolute Gasteiger partial charge is 0.393 e. The molecule has 0 saturated heterocycles. The van der Waals surface area contributed by atoms with Crippen molar-refractivity contribution >= 4 is 23.2 Å². The summed E-state index contributed by atoms with van der Waals surface area (Å²) in [4.78, 5) is 28.7. The van der Waals surface area contributed by atoms with E-state index in [1.165, 1.54) is 10.8 Å². The lowest BCUT2D eigenvalue weighted by atomic mass is 10.1. The highest BCUT2D eigenvalue weighted by Crippen LogP contribution is 2.20. The van der Waals surface area contributed by atoms with Crippen molar-refractivity contribution in [3.05, 3.63) is 45.8 Å². The van der Waals surface area contributed by atoms with E-state index in [4.69, 9.17) is 17.3 Å². The van der Waals surface area contributed by atoms with Gasteiger partial charge in [0.25, 0.3) is 5.56 Å². The van der Waals surface area contributed by atoms with Gasteiger partial charge in [-0.25, -0.2) is 4.98 Å². The van der Waals surface area contributed by atoms with Gasteiger partial charge in [-0.3, -0.25) is 14.2 Å². The Kier molecular flexibility index (Phi) is 4.75. The fraction of sp³-hybridized carbons (Fsp3) is 0.312. The first-order valence-electron chi connectivity index (χ1n) is 7.09. The minimum absolute atomic E-state index is 0.0145. The Bertz CT molecular complexity index is 793. The van der Waals surface area contributed by atoms with Crippen LogP contribution in [-0.4, -0.2) is 21.0 Å². The monoisotopic (exact) mass is 334 g/mol. The zero-order chi connectivity index (χ0) is 17.2. The lowest BCUT2D eigenvalue weighted by Crippen LogP contribution is -2.44. The summed E-state index contributed by atoms with van der Waals surface area (Å²) in [5, 5.41) is 3.32. The average molecular weight is 335 g/mol. The lowest BCUT2D eigenvalue weighted by Gasteiger charge is -2.21. The number of anilines is 1. The van der Waals surface area contributed by atoms with Gasteiger partial charge in [-0.1, -0.05) is 23.7 Å². The maximum Gasteiger partial charge on any atom is 0.277 e. The topological polar surface area (TPSA) is 90.0 Å². The third-order valence-corrected chi connectivity index (χ3v) is 3.21. The number of carbonyl (C=O) groups excluding carboxylic acids is 1. The molecule has 0 atom stereocenters. The molecule has 2 aromatic rings. The van der Waals surface area contributed by atoms with Crippen molar-refractivity contribution in [3.63, 3.8) is 0 Å². The fourth-order valence-electron chi connectivity index (χ4n) is 2.11. The first-order chi connectivity index (χ1) is 10.7. The molecule has 0 radical (unpaired) electrons. The number of nitrogens with two attached hydrogens (primary N) is 1. The number of nitrogens with one attached hydrogen (secondary N) is 1. The van der Waals surface area contributed by atoms with Gasteiger partial charge in [0.05, 0.1) is 6.20 Å². The molecule has 0 aliphatic rings. The Morgan fingerprint density at radius 2 is 2.09 bits per heavy atom. The average Bonchev–Trinajstić information content (AvgIpc) is 2.42. The van der Waals surface area contributed by atoms with Crippen molar-refractivity contribution in [1.82, 2.24) is 14.9 Å². The van der Waals surface area contributed by atoms with E-state index in [9.17, 15) is 9.59 Å². The second kappa shape index (κ2) is 6.42. The lowest BCUT2D eigenvalue weighted by molar-refractivity contribution is -0.123. The fourth-order valence-corrected chi connectivity index (χ4v) is 2.30. The summed E-state index contributed by atoms with van der Waals surface area (Å²) in [6.07, 6.45) is 1.29. The summed E-state index contributed by atoms with van der Waals surface area (Å²) in [6.45, 7) is 5.42. The smallest absolute Gasteiger partial charge is 0.277 e. The van der Waals surface area contributed by atoms with Crippen LogP contribution in [0.1, 0.15) is 20.8 Å². The maximum atomic E-state index is 12.3. The van der Waals surface area contributed by atoms with E-state index in [1.807, 2.05) is 20.8 Å². The zero-order valence-electron chi connectivity index (χ0n) is 13.3. The summed E-state index contributed by atoms with van der Waals surface area (Å²) in [5.74, 6) is 0.0473. The van der Waals surface area contributed by atoms with Gasteiger partial charge in [0.2, 0.25) is 5.91 Å². The summed E-state index contributed by atoms with van der Waals surface area (Å²) in [5.41, 5.74) is 5.41. The van der Waals surface area contributed by atoms with Gasteiger partial charge < -0.3 is 11.1 Å². The Hall–Kier alpha value is -2.34. The molecule has 1 aromatic heterocycles. The molecule has 0 fully saturated rings. The van der Waals surface area contributed by atoms with E-state index in [0.29, 0.717) is 16.4 Å². The standard InChI is InChI=1S/C16H19ClN4O2/c1-16(2,3)20-13(22)9-21-14(19-8-12(18)15(21)23)10-5-4-6-11(17)7-10/h4-8H,9,18H2,1-3H3,(H,20,22). The Balaban J connectivity index is 2.47. The predicted molar refractivity (Wildman–Crippen MR) is 91.3 cm³/mol. The van der Waals surface area contributed by atoms with E-state index < -0.39 is 11.1 Å². The number of nitrogens with zero attached hydrogens (tertiary/aromatic N) is 2. The van der Waals surface area contributed by atoms with Crippen LogP contribution < -0.4 is 16.6 Å². The molecule has 122 valence electrons. The molecule has 0 spiro atoms. The van der Waals surface area contributed by atoms with Crippen molar-refractivity contribution < 1.29 is 4.79 Å². The minimum atomic E-state index is -0.459. The molecule has 1 heterocycles. The first kappa shape index (κ1) is 17.0. The first-order valence-corrected chi connectivity index (χ1v) is 7.47. The summed E-state index contributed by atoms with van der Waals surface area (Å²) < 4.78 is 1.25. The molecule has 23 heavy (non-hydrogen) atoms. The van der Waals surface area contributed by atoms with Gasteiger partial charge in [-0.15, -0.1) is 0 Å². The number of carbonyl (C=O) groups is 1. The molecule has 0 bridgehead atoms. The minimum Gasteiger partial charge on any atom is -0.393 e. The van der Waals surface area contributed by atoms with Crippen LogP contribution in [0.25, 0.3) is 11.4 Å². The van der Waals surface area contributed by atoms with Gasteiger partial charge in [-0.05, 0) is 32.9 Å². The van der Waals surface area contributed by atoms with Crippen LogP contribution in [0.4, 0.5) is 5.69 Å². The molecule has 0 aliphatic heterocycles. The Morgan fingerprint density at radius 3 is 2.70 bits per heavy atom. The molecule has 3 N–H and O–H groups in total. The normalized spacial score (nSPS) is 11.3. The van der Waals surface area contributed by atoms with E-state index in [2.05, 4.69) is 10.3 Å². The highest BCUT2D eigenvalue weighted by atomic mass is 35.5. The van der Waals surface area contributed by atoms with Crippen LogP contribution in [0.5, 0.6) is 0 Å². The highest BCUT2D eigenvalue weighted by molar-refractivity contribution is 6.30. The van der Waals surface area contributed by atoms with Crippen molar-refractivity contribution in [3.8, 4) is 11.4 Å². The van der Waals surface area contributed by atoms with Gasteiger partial charge in [0, 0.05) is 16.1 Å². The van der Waals surface area contributed by atoms with E-state index >= 15 is 0 Å². The van der Waals surface area contributed by atoms with Gasteiger partial charge >= 0.3 is 0 Å². The van der Waals surface area contributed by atoms with Crippen LogP contribution in [0.3, 0.4) is 0 Å². The summed E-state index contributed by atoms with van der Waals surface area (Å²) >= 11 is 5.99. The van der Waals surface area contributed by atoms with E-state index in [1.54, 1.807) is 24.3 Å². The third kappa shape index (κ3) is 4.32. The maximum absolute atomic E-state index is 12.3. The summed E-state index contributed by atoms with van der Waals surface area (Å²) in [6, 6.07) is 6.91. The zero-order valence-corrected chi connectivity index (χ0v) is 14.0. The molecule has 7 heteroatoms. The van der Waals surface area contributed by atoms with E-state index in [-0.39, 0.29) is 18.1 Å². The number of hydrogen-bond acceptors (Lipinski definition) is 4.